The molecule has 0 aromatic heterocycles. The predicted molar refractivity (Wildman–Crippen MR) is 80.5 cm³/mol. The molecule has 2 amide bonds. The van der Waals surface area contributed by atoms with Crippen LogP contribution in [0.4, 0.5) is 19.3 Å². The summed E-state index contributed by atoms with van der Waals surface area (Å²) in [6.07, 6.45) is 1.65. The van der Waals surface area contributed by atoms with E-state index in [1.165, 1.54) is 24.3 Å². The molecule has 0 radical (unpaired) electrons. The second-order valence-corrected chi connectivity index (χ2v) is 5.35. The van der Waals surface area contributed by atoms with Gasteiger partial charge in [-0.25, -0.2) is 13.6 Å². The fraction of sp³-hybridized carbons (Fsp3) is 0.235. The molecule has 1 fully saturated rings. The van der Waals surface area contributed by atoms with Crippen molar-refractivity contribution < 1.29 is 13.6 Å². The van der Waals surface area contributed by atoms with Crippen molar-refractivity contribution in [1.29, 1.82) is 0 Å². The molecule has 1 atom stereocenters. The molecule has 1 aliphatic heterocycles. The number of hydrogen-bond donors (Lipinski definition) is 1. The topological polar surface area (TPSA) is 32.3 Å². The van der Waals surface area contributed by atoms with Gasteiger partial charge in [-0.05, 0) is 48.7 Å². The van der Waals surface area contributed by atoms with E-state index in [9.17, 15) is 13.6 Å². The smallest absolute Gasteiger partial charge is 0.317 e. The van der Waals surface area contributed by atoms with Crippen molar-refractivity contribution in [1.82, 2.24) is 4.90 Å². The van der Waals surface area contributed by atoms with Crippen molar-refractivity contribution in [2.75, 3.05) is 11.9 Å². The highest BCUT2D eigenvalue weighted by Crippen LogP contribution is 2.32. The molecular formula is C17H16F2N2O. The Morgan fingerprint density at radius 3 is 2.55 bits per heavy atom. The first kappa shape index (κ1) is 14.5. The number of hydrogen-bond acceptors (Lipinski definition) is 1. The summed E-state index contributed by atoms with van der Waals surface area (Å²) in [5, 5.41) is 2.69. The Labute approximate surface area is 127 Å². The number of urea groups is 1. The summed E-state index contributed by atoms with van der Waals surface area (Å²) < 4.78 is 26.6. The van der Waals surface area contributed by atoms with Crippen LogP contribution >= 0.6 is 0 Å². The second-order valence-electron chi connectivity index (χ2n) is 5.35. The number of rotatable bonds is 2. The summed E-state index contributed by atoms with van der Waals surface area (Å²) in [4.78, 5) is 14.1. The fourth-order valence-corrected chi connectivity index (χ4v) is 2.83. The van der Waals surface area contributed by atoms with Crippen molar-refractivity contribution in [2.24, 2.45) is 0 Å². The van der Waals surface area contributed by atoms with Crippen LogP contribution in [0.5, 0.6) is 0 Å². The number of carbonyl (C=O) groups is 1. The maximum Gasteiger partial charge on any atom is 0.322 e. The highest BCUT2D eigenvalue weighted by molar-refractivity contribution is 5.89. The van der Waals surface area contributed by atoms with Crippen molar-refractivity contribution >= 4 is 11.7 Å². The minimum Gasteiger partial charge on any atom is -0.317 e. The van der Waals surface area contributed by atoms with E-state index in [4.69, 9.17) is 0 Å². The molecular weight excluding hydrogens is 286 g/mol. The molecule has 1 unspecified atom stereocenters. The first-order valence-electron chi connectivity index (χ1n) is 7.22. The number of anilines is 1. The van der Waals surface area contributed by atoms with Gasteiger partial charge in [-0.3, -0.25) is 0 Å². The highest BCUT2D eigenvalue weighted by atomic mass is 19.1. The number of nitrogens with one attached hydrogen (secondary N) is 1. The second kappa shape index (κ2) is 6.13. The molecule has 1 N–H and O–H groups in total. The Bertz CT molecular complexity index is 690. The Morgan fingerprint density at radius 2 is 1.82 bits per heavy atom. The Hall–Kier alpha value is -2.43. The summed E-state index contributed by atoms with van der Waals surface area (Å²) in [6.45, 7) is 0.600. The van der Waals surface area contributed by atoms with E-state index in [-0.39, 0.29) is 17.9 Å². The van der Waals surface area contributed by atoms with Crippen molar-refractivity contribution in [2.45, 2.75) is 18.9 Å². The molecule has 1 heterocycles. The number of nitrogens with zero attached hydrogens (tertiary/aromatic N) is 1. The molecule has 1 saturated heterocycles. The standard InChI is InChI=1S/C17H16F2N2O/c18-13-5-1-4-12(10-13)16-8-3-9-21(16)17(22)20-15-7-2-6-14(19)11-15/h1-2,4-7,10-11,16H,3,8-9H2,(H,20,22). The van der Waals surface area contributed by atoms with Crippen molar-refractivity contribution in [3.05, 3.63) is 65.7 Å². The molecule has 5 heteroatoms. The van der Waals surface area contributed by atoms with Crippen LogP contribution in [0.2, 0.25) is 0 Å². The lowest BCUT2D eigenvalue weighted by Crippen LogP contribution is -2.34. The van der Waals surface area contributed by atoms with Gasteiger partial charge in [0.2, 0.25) is 0 Å². The lowest BCUT2D eigenvalue weighted by Gasteiger charge is -2.25. The van der Waals surface area contributed by atoms with Crippen LogP contribution in [0.3, 0.4) is 0 Å². The third-order valence-corrected chi connectivity index (χ3v) is 3.82. The molecule has 3 rings (SSSR count). The highest BCUT2D eigenvalue weighted by Gasteiger charge is 2.30. The maximum atomic E-state index is 13.4. The molecule has 114 valence electrons. The predicted octanol–water partition coefficient (Wildman–Crippen LogP) is 4.33. The minimum atomic E-state index is -0.402. The zero-order valence-electron chi connectivity index (χ0n) is 11.9. The van der Waals surface area contributed by atoms with Gasteiger partial charge in [0.05, 0.1) is 6.04 Å². The third-order valence-electron chi connectivity index (χ3n) is 3.82. The van der Waals surface area contributed by atoms with Crippen LogP contribution in [-0.4, -0.2) is 17.5 Å². The summed E-state index contributed by atoms with van der Waals surface area (Å²) in [6, 6.07) is 11.6. The van der Waals surface area contributed by atoms with E-state index in [2.05, 4.69) is 5.32 Å². The third kappa shape index (κ3) is 3.08. The van der Waals surface area contributed by atoms with E-state index < -0.39 is 5.82 Å². The molecule has 0 spiro atoms. The fourth-order valence-electron chi connectivity index (χ4n) is 2.83. The van der Waals surface area contributed by atoms with E-state index in [1.54, 1.807) is 23.1 Å². The molecule has 2 aromatic rings. The SMILES string of the molecule is O=C(Nc1cccc(F)c1)N1CCCC1c1cccc(F)c1. The summed E-state index contributed by atoms with van der Waals surface area (Å²) in [5.74, 6) is -0.712. The monoisotopic (exact) mass is 302 g/mol. The molecule has 2 aromatic carbocycles. The average molecular weight is 302 g/mol. The van der Waals surface area contributed by atoms with Gasteiger partial charge >= 0.3 is 6.03 Å². The Kier molecular flexibility index (Phi) is 4.04. The van der Waals surface area contributed by atoms with E-state index >= 15 is 0 Å². The van der Waals surface area contributed by atoms with Crippen LogP contribution in [0.1, 0.15) is 24.4 Å². The number of carbonyl (C=O) groups excluding carboxylic acids is 1. The van der Waals surface area contributed by atoms with Crippen LogP contribution < -0.4 is 5.32 Å². The maximum absolute atomic E-state index is 13.4. The van der Waals surface area contributed by atoms with E-state index in [1.807, 2.05) is 6.07 Å². The molecule has 0 saturated carbocycles. The van der Waals surface area contributed by atoms with Gasteiger partial charge < -0.3 is 10.2 Å². The molecule has 3 nitrogen and oxygen atoms in total. The van der Waals surface area contributed by atoms with Gasteiger partial charge in [0.1, 0.15) is 11.6 Å². The summed E-state index contributed by atoms with van der Waals surface area (Å²) >= 11 is 0. The van der Waals surface area contributed by atoms with Crippen LogP contribution in [-0.2, 0) is 0 Å². The van der Waals surface area contributed by atoms with Gasteiger partial charge in [0.25, 0.3) is 0 Å². The zero-order chi connectivity index (χ0) is 15.5. The van der Waals surface area contributed by atoms with E-state index in [0.29, 0.717) is 12.2 Å². The lowest BCUT2D eigenvalue weighted by molar-refractivity contribution is 0.207. The Balaban J connectivity index is 1.76. The van der Waals surface area contributed by atoms with Gasteiger partial charge in [0, 0.05) is 12.2 Å². The van der Waals surface area contributed by atoms with Crippen LogP contribution in [0.15, 0.2) is 48.5 Å². The number of benzene rings is 2. The van der Waals surface area contributed by atoms with Gasteiger partial charge in [-0.2, -0.15) is 0 Å². The summed E-state index contributed by atoms with van der Waals surface area (Å²) in [7, 11) is 0. The first-order valence-corrected chi connectivity index (χ1v) is 7.22. The average Bonchev–Trinajstić information content (AvgIpc) is 2.97. The van der Waals surface area contributed by atoms with Crippen LogP contribution in [0.25, 0.3) is 0 Å². The lowest BCUT2D eigenvalue weighted by atomic mass is 10.0. The minimum absolute atomic E-state index is 0.149. The molecule has 0 bridgehead atoms. The van der Waals surface area contributed by atoms with Crippen molar-refractivity contribution in [3.63, 3.8) is 0 Å². The van der Waals surface area contributed by atoms with Gasteiger partial charge in [0.15, 0.2) is 0 Å². The quantitative estimate of drug-likeness (QED) is 0.879. The normalized spacial score (nSPS) is 17.5. The Morgan fingerprint density at radius 1 is 1.09 bits per heavy atom. The first-order chi connectivity index (χ1) is 10.6. The molecule has 0 aliphatic carbocycles. The van der Waals surface area contributed by atoms with E-state index in [0.717, 1.165) is 18.4 Å². The molecule has 22 heavy (non-hydrogen) atoms. The van der Waals surface area contributed by atoms with Gasteiger partial charge in [-0.1, -0.05) is 18.2 Å². The van der Waals surface area contributed by atoms with Gasteiger partial charge in [-0.15, -0.1) is 0 Å². The number of likely N-dealkylation sites (tertiary alicyclic amines) is 1. The van der Waals surface area contributed by atoms with Crippen molar-refractivity contribution in [3.8, 4) is 0 Å². The summed E-state index contributed by atoms with van der Waals surface area (Å²) in [5.41, 5.74) is 1.20. The largest absolute Gasteiger partial charge is 0.322 e. The van der Waals surface area contributed by atoms with Crippen LogP contribution in [0, 0.1) is 11.6 Å². The molecule has 1 aliphatic rings. The number of halogens is 2. The number of amides is 2. The zero-order valence-corrected chi connectivity index (χ0v) is 11.9.